The van der Waals surface area contributed by atoms with Crippen LogP contribution < -0.4 is 5.32 Å². The maximum Gasteiger partial charge on any atom is 0.339 e. The average Bonchev–Trinajstić information content (AvgIpc) is 2.77. The zero-order chi connectivity index (χ0) is 21.3. The largest absolute Gasteiger partial charge is 0.462 e. The van der Waals surface area contributed by atoms with Crippen molar-refractivity contribution in [1.82, 2.24) is 0 Å². The molecule has 0 aliphatic carbocycles. The van der Waals surface area contributed by atoms with Crippen LogP contribution in [0.4, 0.5) is 5.69 Å². The summed E-state index contributed by atoms with van der Waals surface area (Å²) in [5.41, 5.74) is 1.31. The molecule has 0 unspecified atom stereocenters. The summed E-state index contributed by atoms with van der Waals surface area (Å²) in [5, 5.41) is 4.33. The summed E-state index contributed by atoms with van der Waals surface area (Å²) < 4.78 is 10.3. The van der Waals surface area contributed by atoms with E-state index in [2.05, 4.69) is 5.32 Å². The first-order valence-corrected chi connectivity index (χ1v) is 9.80. The molecule has 0 spiro atoms. The van der Waals surface area contributed by atoms with Gasteiger partial charge in [-0.25, -0.2) is 9.59 Å². The van der Waals surface area contributed by atoms with Crippen molar-refractivity contribution in [3.05, 3.63) is 77.9 Å². The van der Waals surface area contributed by atoms with Gasteiger partial charge in [-0.05, 0) is 47.5 Å². The first-order valence-electron chi connectivity index (χ1n) is 9.80. The number of anilines is 1. The zero-order valence-electron chi connectivity index (χ0n) is 16.7. The molecule has 0 atom stereocenters. The third kappa shape index (κ3) is 5.44. The molecule has 0 bridgehead atoms. The van der Waals surface area contributed by atoms with E-state index in [0.717, 1.165) is 23.6 Å². The summed E-state index contributed by atoms with van der Waals surface area (Å²) in [6, 6.07) is 19.2. The maximum absolute atomic E-state index is 12.4. The minimum atomic E-state index is -0.563. The van der Waals surface area contributed by atoms with E-state index >= 15 is 0 Å². The van der Waals surface area contributed by atoms with Crippen molar-refractivity contribution in [3.63, 3.8) is 0 Å². The van der Waals surface area contributed by atoms with E-state index in [-0.39, 0.29) is 0 Å². The van der Waals surface area contributed by atoms with Crippen molar-refractivity contribution in [3.8, 4) is 0 Å². The van der Waals surface area contributed by atoms with E-state index in [1.165, 1.54) is 0 Å². The molecule has 3 rings (SSSR count). The highest BCUT2D eigenvalue weighted by Gasteiger charge is 2.13. The van der Waals surface area contributed by atoms with E-state index in [4.69, 9.17) is 9.47 Å². The van der Waals surface area contributed by atoms with Crippen molar-refractivity contribution in [2.75, 3.05) is 18.5 Å². The summed E-state index contributed by atoms with van der Waals surface area (Å²) in [4.78, 5) is 36.4. The minimum absolute atomic E-state index is 0.385. The Hall–Kier alpha value is -3.67. The highest BCUT2D eigenvalue weighted by molar-refractivity contribution is 6.05. The predicted octanol–water partition coefficient (Wildman–Crippen LogP) is 4.59. The highest BCUT2D eigenvalue weighted by Crippen LogP contribution is 2.19. The van der Waals surface area contributed by atoms with Crippen LogP contribution in [0.1, 0.15) is 40.5 Å². The van der Waals surface area contributed by atoms with Gasteiger partial charge < -0.3 is 14.8 Å². The molecule has 0 radical (unpaired) electrons. The van der Waals surface area contributed by atoms with Gasteiger partial charge in [-0.1, -0.05) is 49.7 Å². The first kappa shape index (κ1) is 21.0. The molecule has 0 aliphatic rings. The van der Waals surface area contributed by atoms with Gasteiger partial charge >= 0.3 is 11.9 Å². The van der Waals surface area contributed by atoms with Crippen LogP contribution in [-0.2, 0) is 14.3 Å². The molecule has 0 heterocycles. The molecule has 1 amide bonds. The van der Waals surface area contributed by atoms with E-state index in [1.54, 1.807) is 36.4 Å². The molecular formula is C24H23NO5. The van der Waals surface area contributed by atoms with Gasteiger partial charge in [0.25, 0.3) is 5.91 Å². The lowest BCUT2D eigenvalue weighted by atomic mass is 10.1. The van der Waals surface area contributed by atoms with Crippen LogP contribution in [0.25, 0.3) is 10.8 Å². The summed E-state index contributed by atoms with van der Waals surface area (Å²) in [7, 11) is 0. The Morgan fingerprint density at radius 1 is 0.833 bits per heavy atom. The quantitative estimate of drug-likeness (QED) is 0.438. The Labute approximate surface area is 174 Å². The number of esters is 2. The Morgan fingerprint density at radius 3 is 2.33 bits per heavy atom. The second-order valence-corrected chi connectivity index (χ2v) is 6.72. The Kier molecular flexibility index (Phi) is 7.16. The van der Waals surface area contributed by atoms with Crippen molar-refractivity contribution < 1.29 is 23.9 Å². The highest BCUT2D eigenvalue weighted by atomic mass is 16.5. The average molecular weight is 405 g/mol. The third-order valence-corrected chi connectivity index (χ3v) is 4.48. The number of ether oxygens (including phenoxy) is 2. The summed E-state index contributed by atoms with van der Waals surface area (Å²) in [5.74, 6) is -1.43. The molecule has 6 heteroatoms. The molecule has 0 fully saturated rings. The van der Waals surface area contributed by atoms with Crippen molar-refractivity contribution in [1.29, 1.82) is 0 Å². The van der Waals surface area contributed by atoms with E-state index in [0.29, 0.717) is 23.4 Å². The van der Waals surface area contributed by atoms with Crippen LogP contribution in [0.15, 0.2) is 66.7 Å². The summed E-state index contributed by atoms with van der Waals surface area (Å²) in [6.07, 6.45) is 1.76. The van der Waals surface area contributed by atoms with Crippen LogP contribution in [0.2, 0.25) is 0 Å². The normalized spacial score (nSPS) is 10.4. The molecule has 0 aliphatic heterocycles. The van der Waals surface area contributed by atoms with Crippen molar-refractivity contribution in [2.24, 2.45) is 0 Å². The molecule has 30 heavy (non-hydrogen) atoms. The Bertz CT molecular complexity index is 1040. The van der Waals surface area contributed by atoms with Gasteiger partial charge in [0, 0.05) is 5.69 Å². The molecule has 3 aromatic carbocycles. The standard InChI is InChI=1S/C24H23NO5/c1-2-3-15-29-23(27)18-11-13-19(14-12-18)25-22(26)16-30-24(28)21-10-6-8-17-7-4-5-9-20(17)21/h4-14H,2-3,15-16H2,1H3,(H,25,26). The molecule has 3 aromatic rings. The number of carbonyl (C=O) groups is 3. The number of fused-ring (bicyclic) bond motifs is 1. The van der Waals surface area contributed by atoms with E-state index < -0.39 is 24.5 Å². The van der Waals surface area contributed by atoms with Gasteiger partial charge in [-0.2, -0.15) is 0 Å². The molecule has 0 saturated carbocycles. The second kappa shape index (κ2) is 10.2. The van der Waals surface area contributed by atoms with Gasteiger partial charge in [-0.15, -0.1) is 0 Å². The van der Waals surface area contributed by atoms with Gasteiger partial charge in [0.15, 0.2) is 6.61 Å². The number of amides is 1. The summed E-state index contributed by atoms with van der Waals surface area (Å²) >= 11 is 0. The lowest BCUT2D eigenvalue weighted by Crippen LogP contribution is -2.21. The first-order chi connectivity index (χ1) is 14.6. The number of benzene rings is 3. The van der Waals surface area contributed by atoms with Crippen LogP contribution >= 0.6 is 0 Å². The van der Waals surface area contributed by atoms with Gasteiger partial charge in [-0.3, -0.25) is 4.79 Å². The lowest BCUT2D eigenvalue weighted by molar-refractivity contribution is -0.119. The Balaban J connectivity index is 1.53. The number of hydrogen-bond donors (Lipinski definition) is 1. The minimum Gasteiger partial charge on any atom is -0.462 e. The van der Waals surface area contributed by atoms with E-state index in [9.17, 15) is 14.4 Å². The predicted molar refractivity (Wildman–Crippen MR) is 114 cm³/mol. The summed E-state index contributed by atoms with van der Waals surface area (Å²) in [6.45, 7) is 1.99. The fraction of sp³-hybridized carbons (Fsp3) is 0.208. The second-order valence-electron chi connectivity index (χ2n) is 6.72. The molecular weight excluding hydrogens is 382 g/mol. The number of unbranched alkanes of at least 4 members (excludes halogenated alkanes) is 1. The molecule has 6 nitrogen and oxygen atoms in total. The molecule has 154 valence electrons. The smallest absolute Gasteiger partial charge is 0.339 e. The fourth-order valence-electron chi connectivity index (χ4n) is 2.89. The van der Waals surface area contributed by atoms with Crippen molar-refractivity contribution >= 4 is 34.3 Å². The number of hydrogen-bond acceptors (Lipinski definition) is 5. The van der Waals surface area contributed by atoms with Crippen LogP contribution in [0.5, 0.6) is 0 Å². The van der Waals surface area contributed by atoms with Gasteiger partial charge in [0.2, 0.25) is 0 Å². The zero-order valence-corrected chi connectivity index (χ0v) is 16.7. The lowest BCUT2D eigenvalue weighted by Gasteiger charge is -2.09. The van der Waals surface area contributed by atoms with Crippen LogP contribution in [0.3, 0.4) is 0 Å². The molecule has 1 N–H and O–H groups in total. The maximum atomic E-state index is 12.4. The van der Waals surface area contributed by atoms with E-state index in [1.807, 2.05) is 37.3 Å². The molecule has 0 saturated heterocycles. The number of nitrogens with one attached hydrogen (secondary N) is 1. The number of rotatable bonds is 8. The van der Waals surface area contributed by atoms with Crippen LogP contribution in [0, 0.1) is 0 Å². The third-order valence-electron chi connectivity index (χ3n) is 4.48. The SMILES string of the molecule is CCCCOC(=O)c1ccc(NC(=O)COC(=O)c2cccc3ccccc23)cc1. The fourth-order valence-corrected chi connectivity index (χ4v) is 2.89. The Morgan fingerprint density at radius 2 is 1.57 bits per heavy atom. The van der Waals surface area contributed by atoms with Gasteiger partial charge in [0.1, 0.15) is 0 Å². The van der Waals surface area contributed by atoms with Gasteiger partial charge in [0.05, 0.1) is 17.7 Å². The monoisotopic (exact) mass is 405 g/mol. The van der Waals surface area contributed by atoms with Crippen molar-refractivity contribution in [2.45, 2.75) is 19.8 Å². The topological polar surface area (TPSA) is 81.7 Å². The van der Waals surface area contributed by atoms with Crippen LogP contribution in [-0.4, -0.2) is 31.1 Å². The number of carbonyl (C=O) groups excluding carboxylic acids is 3. The molecule has 0 aromatic heterocycles.